The minimum Gasteiger partial charge on any atom is -0.353 e. The van der Waals surface area contributed by atoms with Gasteiger partial charge in [-0.15, -0.1) is 0 Å². The number of carbonyl (C=O) groups excluding carboxylic acids is 2. The second-order valence-electron chi connectivity index (χ2n) is 7.92. The van der Waals surface area contributed by atoms with Crippen molar-refractivity contribution in [2.75, 3.05) is 39.3 Å². The van der Waals surface area contributed by atoms with E-state index in [0.29, 0.717) is 39.3 Å². The van der Waals surface area contributed by atoms with E-state index in [1.54, 1.807) is 29.2 Å². The molecule has 164 valence electrons. The summed E-state index contributed by atoms with van der Waals surface area (Å²) in [7, 11) is 0. The number of piperazine rings is 2. The Kier molecular flexibility index (Phi) is 6.58. The maximum Gasteiger partial charge on any atom is 0.237 e. The van der Waals surface area contributed by atoms with Gasteiger partial charge in [-0.3, -0.25) is 14.5 Å². The van der Waals surface area contributed by atoms with Gasteiger partial charge >= 0.3 is 0 Å². The lowest BCUT2D eigenvalue weighted by Gasteiger charge is -2.40. The topological polar surface area (TPSA) is 64.7 Å². The maximum absolute atomic E-state index is 13.5. The van der Waals surface area contributed by atoms with E-state index in [0.717, 1.165) is 11.1 Å². The van der Waals surface area contributed by atoms with Crippen LogP contribution in [0.4, 0.5) is 8.78 Å². The number of benzene rings is 2. The predicted molar refractivity (Wildman–Crippen MR) is 112 cm³/mol. The lowest BCUT2D eigenvalue weighted by Crippen LogP contribution is -2.56. The second kappa shape index (κ2) is 9.53. The molecule has 0 spiro atoms. The number of hydrogen-bond donors (Lipinski definition) is 2. The maximum atomic E-state index is 13.5. The van der Waals surface area contributed by atoms with Crippen LogP contribution in [0.1, 0.15) is 23.6 Å². The van der Waals surface area contributed by atoms with Crippen LogP contribution in [-0.4, -0.2) is 66.9 Å². The first-order valence-electron chi connectivity index (χ1n) is 10.5. The van der Waals surface area contributed by atoms with Crippen LogP contribution < -0.4 is 10.6 Å². The number of rotatable bonds is 5. The average molecular weight is 428 g/mol. The van der Waals surface area contributed by atoms with Crippen LogP contribution >= 0.6 is 0 Å². The van der Waals surface area contributed by atoms with Crippen molar-refractivity contribution in [3.05, 3.63) is 71.3 Å². The molecule has 2 heterocycles. The fraction of sp³-hybridized carbons (Fsp3) is 0.391. The molecule has 8 heteroatoms. The van der Waals surface area contributed by atoms with Gasteiger partial charge in [-0.25, -0.2) is 8.78 Å². The summed E-state index contributed by atoms with van der Waals surface area (Å²) in [6.07, 6.45) is 0.144. The van der Waals surface area contributed by atoms with Crippen LogP contribution in [-0.2, 0) is 9.59 Å². The number of carbonyl (C=O) groups is 2. The van der Waals surface area contributed by atoms with Crippen LogP contribution in [0.25, 0.3) is 0 Å². The fourth-order valence-electron chi connectivity index (χ4n) is 4.25. The van der Waals surface area contributed by atoms with Gasteiger partial charge in [0.15, 0.2) is 0 Å². The highest BCUT2D eigenvalue weighted by Gasteiger charge is 2.31. The molecule has 1 unspecified atom stereocenters. The summed E-state index contributed by atoms with van der Waals surface area (Å²) in [5, 5.41) is 5.86. The van der Waals surface area contributed by atoms with E-state index in [-0.39, 0.29) is 35.9 Å². The summed E-state index contributed by atoms with van der Waals surface area (Å²) in [5.41, 5.74) is 1.83. The smallest absolute Gasteiger partial charge is 0.237 e. The van der Waals surface area contributed by atoms with E-state index in [1.165, 1.54) is 24.3 Å². The SMILES string of the molecule is O=C1NCCNC1CC(=O)N1CCN(C(c2ccc(F)cc2)c2ccc(F)cc2)CC1. The molecule has 2 fully saturated rings. The van der Waals surface area contributed by atoms with Crippen molar-refractivity contribution in [2.45, 2.75) is 18.5 Å². The molecule has 0 aromatic heterocycles. The molecule has 0 saturated carbocycles. The molecule has 6 nitrogen and oxygen atoms in total. The molecule has 0 radical (unpaired) electrons. The van der Waals surface area contributed by atoms with Crippen LogP contribution in [0.15, 0.2) is 48.5 Å². The minimum atomic E-state index is -0.481. The molecule has 2 aromatic rings. The highest BCUT2D eigenvalue weighted by Crippen LogP contribution is 2.30. The molecular weight excluding hydrogens is 402 g/mol. The van der Waals surface area contributed by atoms with E-state index >= 15 is 0 Å². The lowest BCUT2D eigenvalue weighted by molar-refractivity contribution is -0.137. The fourth-order valence-corrected chi connectivity index (χ4v) is 4.25. The normalized spacial score (nSPS) is 20.0. The Hall–Kier alpha value is -2.84. The summed E-state index contributed by atoms with van der Waals surface area (Å²) in [6.45, 7) is 3.55. The van der Waals surface area contributed by atoms with Gasteiger partial charge in [0.25, 0.3) is 0 Å². The molecule has 2 amide bonds. The number of nitrogens with zero attached hydrogens (tertiary/aromatic N) is 2. The molecule has 31 heavy (non-hydrogen) atoms. The third-order valence-corrected chi connectivity index (χ3v) is 5.91. The van der Waals surface area contributed by atoms with Crippen molar-refractivity contribution in [1.29, 1.82) is 0 Å². The van der Waals surface area contributed by atoms with Crippen molar-refractivity contribution in [3.63, 3.8) is 0 Å². The van der Waals surface area contributed by atoms with Gasteiger partial charge in [-0.05, 0) is 35.4 Å². The Bertz CT molecular complexity index is 867. The van der Waals surface area contributed by atoms with Crippen LogP contribution in [0.5, 0.6) is 0 Å². The van der Waals surface area contributed by atoms with Crippen LogP contribution in [0, 0.1) is 11.6 Å². The van der Waals surface area contributed by atoms with Gasteiger partial charge in [0.1, 0.15) is 11.6 Å². The molecule has 0 aliphatic carbocycles. The van der Waals surface area contributed by atoms with Crippen molar-refractivity contribution in [2.24, 2.45) is 0 Å². The monoisotopic (exact) mass is 428 g/mol. The van der Waals surface area contributed by atoms with E-state index in [1.807, 2.05) is 0 Å². The largest absolute Gasteiger partial charge is 0.353 e. The third-order valence-electron chi connectivity index (χ3n) is 5.91. The lowest BCUT2D eigenvalue weighted by atomic mass is 9.96. The first-order valence-corrected chi connectivity index (χ1v) is 10.5. The Morgan fingerprint density at radius 1 is 0.903 bits per heavy atom. The molecule has 2 aliphatic rings. The molecule has 2 aliphatic heterocycles. The van der Waals surface area contributed by atoms with Gasteiger partial charge < -0.3 is 15.5 Å². The number of nitrogens with one attached hydrogen (secondary N) is 2. The van der Waals surface area contributed by atoms with E-state index in [4.69, 9.17) is 0 Å². The Morgan fingerprint density at radius 2 is 1.45 bits per heavy atom. The number of hydrogen-bond acceptors (Lipinski definition) is 4. The van der Waals surface area contributed by atoms with Crippen LogP contribution in [0.3, 0.4) is 0 Å². The zero-order valence-electron chi connectivity index (χ0n) is 17.2. The summed E-state index contributed by atoms with van der Waals surface area (Å²) in [6, 6.07) is 12.0. The number of amides is 2. The quantitative estimate of drug-likeness (QED) is 0.761. The predicted octanol–water partition coefficient (Wildman–Crippen LogP) is 1.68. The standard InChI is InChI=1S/C23H26F2N4O2/c24-18-5-1-16(2-6-18)22(17-3-7-19(25)8-4-17)29-13-11-28(12-14-29)21(30)15-20-23(31)27-10-9-26-20/h1-8,20,22,26H,9-15H2,(H,27,31). The van der Waals surface area contributed by atoms with Crippen molar-refractivity contribution in [1.82, 2.24) is 20.4 Å². The summed E-state index contributed by atoms with van der Waals surface area (Å²) in [5.74, 6) is -0.796. The van der Waals surface area contributed by atoms with Crippen molar-refractivity contribution >= 4 is 11.8 Å². The zero-order valence-corrected chi connectivity index (χ0v) is 17.2. The van der Waals surface area contributed by atoms with E-state index < -0.39 is 6.04 Å². The molecular formula is C23H26F2N4O2. The molecule has 1 atom stereocenters. The highest BCUT2D eigenvalue weighted by molar-refractivity contribution is 5.88. The van der Waals surface area contributed by atoms with Gasteiger partial charge in [-0.1, -0.05) is 24.3 Å². The molecule has 2 N–H and O–H groups in total. The van der Waals surface area contributed by atoms with E-state index in [9.17, 15) is 18.4 Å². The molecule has 0 bridgehead atoms. The van der Waals surface area contributed by atoms with E-state index in [2.05, 4.69) is 15.5 Å². The Morgan fingerprint density at radius 3 is 1.97 bits per heavy atom. The summed E-state index contributed by atoms with van der Waals surface area (Å²) < 4.78 is 26.9. The van der Waals surface area contributed by atoms with Gasteiger partial charge in [0.05, 0.1) is 18.5 Å². The van der Waals surface area contributed by atoms with Gasteiger partial charge in [-0.2, -0.15) is 0 Å². The molecule has 2 aromatic carbocycles. The number of halogens is 2. The second-order valence-corrected chi connectivity index (χ2v) is 7.92. The first-order chi connectivity index (χ1) is 15.0. The summed E-state index contributed by atoms with van der Waals surface area (Å²) >= 11 is 0. The van der Waals surface area contributed by atoms with Crippen LogP contribution in [0.2, 0.25) is 0 Å². The van der Waals surface area contributed by atoms with Crippen molar-refractivity contribution in [3.8, 4) is 0 Å². The Balaban J connectivity index is 1.44. The molecule has 2 saturated heterocycles. The summed E-state index contributed by atoms with van der Waals surface area (Å²) in [4.78, 5) is 28.6. The highest BCUT2D eigenvalue weighted by atomic mass is 19.1. The third kappa shape index (κ3) is 5.08. The minimum absolute atomic E-state index is 0.0469. The zero-order chi connectivity index (χ0) is 21.8. The average Bonchev–Trinajstić information content (AvgIpc) is 2.78. The van der Waals surface area contributed by atoms with Crippen molar-refractivity contribution < 1.29 is 18.4 Å². The first kappa shape index (κ1) is 21.4. The van der Waals surface area contributed by atoms with Gasteiger partial charge in [0.2, 0.25) is 11.8 Å². The Labute approximate surface area is 180 Å². The van der Waals surface area contributed by atoms with Gasteiger partial charge in [0, 0.05) is 39.3 Å². The molecule has 4 rings (SSSR count).